The van der Waals surface area contributed by atoms with Gasteiger partial charge in [-0.2, -0.15) is 0 Å². The summed E-state index contributed by atoms with van der Waals surface area (Å²) in [6, 6.07) is 7.76. The van der Waals surface area contributed by atoms with Gasteiger partial charge in [0.25, 0.3) is 5.91 Å². The molecule has 0 aliphatic carbocycles. The first kappa shape index (κ1) is 18.8. The van der Waals surface area contributed by atoms with Crippen LogP contribution in [0.25, 0.3) is 0 Å². The lowest BCUT2D eigenvalue weighted by Gasteiger charge is -2.39. The molecule has 2 N–H and O–H groups in total. The minimum absolute atomic E-state index is 0.0541. The van der Waals surface area contributed by atoms with E-state index in [1.165, 1.54) is 6.08 Å². The van der Waals surface area contributed by atoms with Gasteiger partial charge in [0.15, 0.2) is 5.41 Å². The van der Waals surface area contributed by atoms with Crippen molar-refractivity contribution >= 4 is 17.8 Å². The molecular formula is C18H22N2O5. The van der Waals surface area contributed by atoms with Gasteiger partial charge in [-0.15, -0.1) is 6.58 Å². The van der Waals surface area contributed by atoms with E-state index in [-0.39, 0.29) is 26.2 Å². The van der Waals surface area contributed by atoms with Crippen LogP contribution in [0.4, 0.5) is 4.79 Å². The third-order valence-corrected chi connectivity index (χ3v) is 4.20. The number of nitrogens with zero attached hydrogens (tertiary/aromatic N) is 1. The average molecular weight is 346 g/mol. The summed E-state index contributed by atoms with van der Waals surface area (Å²) in [6.45, 7) is 5.14. The number of amides is 4. The van der Waals surface area contributed by atoms with Gasteiger partial charge in [-0.25, -0.2) is 4.79 Å². The van der Waals surface area contributed by atoms with E-state index in [1.54, 1.807) is 37.3 Å². The first-order valence-corrected chi connectivity index (χ1v) is 8.07. The zero-order valence-electron chi connectivity index (χ0n) is 14.1. The number of carbonyl (C=O) groups excluding carboxylic acids is 3. The molecule has 2 atom stereocenters. The Morgan fingerprint density at radius 1 is 1.32 bits per heavy atom. The lowest BCUT2D eigenvalue weighted by atomic mass is 9.74. The smallest absolute Gasteiger partial charge is 0.330 e. The van der Waals surface area contributed by atoms with Crippen LogP contribution in [0.1, 0.15) is 18.9 Å². The molecule has 0 spiro atoms. The summed E-state index contributed by atoms with van der Waals surface area (Å²) >= 11 is 0. The molecule has 134 valence electrons. The van der Waals surface area contributed by atoms with E-state index in [2.05, 4.69) is 11.9 Å². The van der Waals surface area contributed by atoms with Crippen molar-refractivity contribution in [3.63, 3.8) is 0 Å². The number of benzene rings is 1. The van der Waals surface area contributed by atoms with E-state index in [9.17, 15) is 19.5 Å². The lowest BCUT2D eigenvalue weighted by Crippen LogP contribution is -2.66. The molecule has 1 heterocycles. The van der Waals surface area contributed by atoms with Gasteiger partial charge in [0.1, 0.15) is 0 Å². The van der Waals surface area contributed by atoms with E-state index in [0.717, 1.165) is 4.90 Å². The number of ether oxygens (including phenoxy) is 1. The molecule has 7 nitrogen and oxygen atoms in total. The van der Waals surface area contributed by atoms with Crippen molar-refractivity contribution in [2.24, 2.45) is 0 Å². The standard InChI is InChI=1S/C18H22N2O5/c1-3-10-25-12-14(21)11-20-16(23)18(4-2,15(22)19-17(20)24)13-8-6-5-7-9-13/h3,5-9,14,21H,1,4,10-12H2,2H3,(H,19,22,24). The lowest BCUT2D eigenvalue weighted by molar-refractivity contribution is -0.146. The molecule has 0 radical (unpaired) electrons. The molecule has 2 unspecified atom stereocenters. The van der Waals surface area contributed by atoms with Gasteiger partial charge in [0, 0.05) is 0 Å². The zero-order chi connectivity index (χ0) is 18.4. The molecule has 1 aromatic carbocycles. The quantitative estimate of drug-likeness (QED) is 0.415. The first-order valence-electron chi connectivity index (χ1n) is 8.07. The number of imide groups is 2. The maximum Gasteiger partial charge on any atom is 0.330 e. The van der Waals surface area contributed by atoms with Crippen LogP contribution in [-0.2, 0) is 19.7 Å². The highest BCUT2D eigenvalue weighted by Gasteiger charge is 2.54. The van der Waals surface area contributed by atoms with Crippen LogP contribution in [0.2, 0.25) is 0 Å². The number of nitrogens with one attached hydrogen (secondary N) is 1. The monoisotopic (exact) mass is 346 g/mol. The summed E-state index contributed by atoms with van der Waals surface area (Å²) in [5.74, 6) is -1.29. The van der Waals surface area contributed by atoms with Crippen molar-refractivity contribution < 1.29 is 24.2 Å². The van der Waals surface area contributed by atoms with E-state index < -0.39 is 29.4 Å². The van der Waals surface area contributed by atoms with Crippen molar-refractivity contribution in [1.29, 1.82) is 0 Å². The van der Waals surface area contributed by atoms with Gasteiger partial charge in [-0.05, 0) is 12.0 Å². The summed E-state index contributed by atoms with van der Waals surface area (Å²) in [5.41, 5.74) is -0.980. The molecule has 0 aromatic heterocycles. The molecule has 4 amide bonds. The Morgan fingerprint density at radius 3 is 2.60 bits per heavy atom. The van der Waals surface area contributed by atoms with Crippen LogP contribution >= 0.6 is 0 Å². The number of rotatable bonds is 8. The van der Waals surface area contributed by atoms with Crippen LogP contribution in [0.5, 0.6) is 0 Å². The fraction of sp³-hybridized carbons (Fsp3) is 0.389. The largest absolute Gasteiger partial charge is 0.389 e. The van der Waals surface area contributed by atoms with Gasteiger partial charge in [0.2, 0.25) is 5.91 Å². The van der Waals surface area contributed by atoms with Crippen molar-refractivity contribution in [1.82, 2.24) is 10.2 Å². The highest BCUT2D eigenvalue weighted by atomic mass is 16.5. The highest BCUT2D eigenvalue weighted by molar-refractivity contribution is 6.22. The van der Waals surface area contributed by atoms with Gasteiger partial charge in [-0.1, -0.05) is 43.3 Å². The number of aliphatic hydroxyl groups excluding tert-OH is 1. The number of urea groups is 1. The Balaban J connectivity index is 2.27. The molecule has 1 aliphatic rings. The summed E-state index contributed by atoms with van der Waals surface area (Å²) in [5, 5.41) is 12.3. The van der Waals surface area contributed by atoms with Crippen molar-refractivity contribution in [2.75, 3.05) is 19.8 Å². The number of hydrogen-bond acceptors (Lipinski definition) is 5. The number of aliphatic hydroxyl groups is 1. The molecule has 1 fully saturated rings. The van der Waals surface area contributed by atoms with E-state index >= 15 is 0 Å². The van der Waals surface area contributed by atoms with E-state index in [4.69, 9.17) is 4.74 Å². The molecular weight excluding hydrogens is 324 g/mol. The Bertz CT molecular complexity index is 661. The van der Waals surface area contributed by atoms with Gasteiger partial charge in [0.05, 0.1) is 25.9 Å². The Kier molecular flexibility index (Phi) is 6.06. The fourth-order valence-corrected chi connectivity index (χ4v) is 2.90. The summed E-state index contributed by atoms with van der Waals surface area (Å²) in [6.07, 6.45) is 0.657. The third-order valence-electron chi connectivity index (χ3n) is 4.20. The normalized spacial score (nSPS) is 21.8. The van der Waals surface area contributed by atoms with Gasteiger partial charge >= 0.3 is 6.03 Å². The van der Waals surface area contributed by atoms with E-state index in [0.29, 0.717) is 5.56 Å². The predicted octanol–water partition coefficient (Wildman–Crippen LogP) is 0.976. The van der Waals surface area contributed by atoms with E-state index in [1.807, 2.05) is 0 Å². The predicted molar refractivity (Wildman–Crippen MR) is 90.7 cm³/mol. The molecule has 2 rings (SSSR count). The van der Waals surface area contributed by atoms with Crippen LogP contribution in [0, 0.1) is 0 Å². The molecule has 1 aliphatic heterocycles. The summed E-state index contributed by atoms with van der Waals surface area (Å²) in [7, 11) is 0. The Morgan fingerprint density at radius 2 is 2.00 bits per heavy atom. The van der Waals surface area contributed by atoms with Gasteiger partial charge < -0.3 is 9.84 Å². The number of hydrogen-bond donors (Lipinski definition) is 2. The zero-order valence-corrected chi connectivity index (χ0v) is 14.1. The number of β-amino-alcohol motifs (C(OH)–C–C–N with tert-alkyl or cyclic N) is 1. The molecule has 1 aromatic rings. The van der Waals surface area contributed by atoms with Crippen LogP contribution in [-0.4, -0.2) is 53.7 Å². The molecule has 0 bridgehead atoms. The first-order chi connectivity index (χ1) is 12.0. The summed E-state index contributed by atoms with van der Waals surface area (Å²) < 4.78 is 5.14. The van der Waals surface area contributed by atoms with Crippen LogP contribution in [0.15, 0.2) is 43.0 Å². The molecule has 0 saturated carbocycles. The second-order valence-electron chi connectivity index (χ2n) is 5.78. The van der Waals surface area contributed by atoms with Crippen LogP contribution < -0.4 is 5.32 Å². The maximum absolute atomic E-state index is 13.0. The number of barbiturate groups is 1. The minimum Gasteiger partial charge on any atom is -0.389 e. The topological polar surface area (TPSA) is 95.9 Å². The minimum atomic E-state index is -1.49. The Hall–Kier alpha value is -2.51. The molecule has 1 saturated heterocycles. The highest BCUT2D eigenvalue weighted by Crippen LogP contribution is 2.33. The van der Waals surface area contributed by atoms with Crippen molar-refractivity contribution in [3.8, 4) is 0 Å². The van der Waals surface area contributed by atoms with Crippen molar-refractivity contribution in [2.45, 2.75) is 24.9 Å². The third kappa shape index (κ3) is 3.62. The second-order valence-corrected chi connectivity index (χ2v) is 5.78. The average Bonchev–Trinajstić information content (AvgIpc) is 2.60. The van der Waals surface area contributed by atoms with Crippen LogP contribution in [0.3, 0.4) is 0 Å². The molecule has 7 heteroatoms. The number of carbonyl (C=O) groups is 3. The SMILES string of the molecule is C=CCOCC(O)CN1C(=O)NC(=O)C(CC)(c2ccccc2)C1=O. The maximum atomic E-state index is 13.0. The van der Waals surface area contributed by atoms with Gasteiger partial charge in [-0.3, -0.25) is 19.8 Å². The summed E-state index contributed by atoms with van der Waals surface area (Å²) in [4.78, 5) is 38.6. The Labute approximate surface area is 146 Å². The fourth-order valence-electron chi connectivity index (χ4n) is 2.90. The molecule has 25 heavy (non-hydrogen) atoms. The van der Waals surface area contributed by atoms with Crippen molar-refractivity contribution in [3.05, 3.63) is 48.6 Å². The second kappa shape index (κ2) is 8.04.